The highest BCUT2D eigenvalue weighted by Crippen LogP contribution is 2.02. The number of aliphatic hydroxyl groups excluding tert-OH is 1. The van der Waals surface area contributed by atoms with E-state index in [0.29, 0.717) is 13.2 Å². The number of hydrogen-bond donors (Lipinski definition) is 1. The Labute approximate surface area is 83.1 Å². The molecule has 0 fully saturated rings. The van der Waals surface area contributed by atoms with Crippen LogP contribution in [0, 0.1) is 0 Å². The van der Waals surface area contributed by atoms with Crippen LogP contribution in [-0.2, 0) is 11.3 Å². The molecular formula is C10H13ClO2. The van der Waals surface area contributed by atoms with Crippen LogP contribution in [0.1, 0.15) is 5.56 Å². The maximum Gasteiger partial charge on any atom is 0.0800 e. The Hall–Kier alpha value is -0.570. The van der Waals surface area contributed by atoms with E-state index < -0.39 is 0 Å². The maximum atomic E-state index is 8.62. The van der Waals surface area contributed by atoms with Crippen LogP contribution < -0.4 is 0 Å². The van der Waals surface area contributed by atoms with Crippen LogP contribution in [0.5, 0.6) is 0 Å². The maximum absolute atomic E-state index is 8.62. The zero-order valence-corrected chi connectivity index (χ0v) is 8.07. The van der Waals surface area contributed by atoms with Gasteiger partial charge < -0.3 is 9.84 Å². The van der Waals surface area contributed by atoms with Crippen molar-refractivity contribution in [1.29, 1.82) is 0 Å². The lowest BCUT2D eigenvalue weighted by molar-refractivity contribution is 0.107. The van der Waals surface area contributed by atoms with Gasteiger partial charge in [0.25, 0.3) is 0 Å². The van der Waals surface area contributed by atoms with E-state index in [9.17, 15) is 0 Å². The van der Waals surface area contributed by atoms with Crippen LogP contribution in [0.2, 0.25) is 0 Å². The van der Waals surface area contributed by atoms with Gasteiger partial charge in [0.1, 0.15) is 0 Å². The molecule has 1 aromatic rings. The van der Waals surface area contributed by atoms with Crippen molar-refractivity contribution >= 4 is 11.6 Å². The second kappa shape index (κ2) is 5.97. The summed E-state index contributed by atoms with van der Waals surface area (Å²) in [5, 5.41) is 8.32. The summed E-state index contributed by atoms with van der Waals surface area (Å²) in [5.74, 6) is 0. The van der Waals surface area contributed by atoms with Gasteiger partial charge in [0.05, 0.1) is 25.2 Å². The molecule has 0 heterocycles. The quantitative estimate of drug-likeness (QED) is 0.735. The summed E-state index contributed by atoms with van der Waals surface area (Å²) < 4.78 is 5.28. The molecule has 0 aliphatic heterocycles. The molecule has 1 N–H and O–H groups in total. The fourth-order valence-corrected chi connectivity index (χ4v) is 1.02. The SMILES string of the molecule is OCC(Cl)COCc1ccccc1. The third-order valence-electron chi connectivity index (χ3n) is 1.61. The molecule has 72 valence electrons. The predicted octanol–water partition coefficient (Wildman–Crippen LogP) is 1.80. The zero-order chi connectivity index (χ0) is 9.52. The van der Waals surface area contributed by atoms with Gasteiger partial charge in [-0.15, -0.1) is 11.6 Å². The van der Waals surface area contributed by atoms with Crippen molar-refractivity contribution in [3.05, 3.63) is 35.9 Å². The molecule has 1 rings (SSSR count). The second-order valence-corrected chi connectivity index (χ2v) is 3.40. The van der Waals surface area contributed by atoms with Gasteiger partial charge in [-0.1, -0.05) is 30.3 Å². The van der Waals surface area contributed by atoms with Gasteiger partial charge in [-0.2, -0.15) is 0 Å². The number of aliphatic hydroxyl groups is 1. The summed E-state index contributed by atoms with van der Waals surface area (Å²) in [7, 11) is 0. The minimum absolute atomic E-state index is 0.0453. The molecule has 0 amide bonds. The van der Waals surface area contributed by atoms with E-state index in [2.05, 4.69) is 0 Å². The van der Waals surface area contributed by atoms with Gasteiger partial charge in [-0.05, 0) is 5.56 Å². The van der Waals surface area contributed by atoms with Crippen molar-refractivity contribution in [1.82, 2.24) is 0 Å². The number of ether oxygens (including phenoxy) is 1. The van der Waals surface area contributed by atoms with Crippen LogP contribution >= 0.6 is 11.6 Å². The predicted molar refractivity (Wildman–Crippen MR) is 52.8 cm³/mol. The van der Waals surface area contributed by atoms with Crippen LogP contribution in [0.3, 0.4) is 0 Å². The Morgan fingerprint density at radius 1 is 1.31 bits per heavy atom. The van der Waals surface area contributed by atoms with Crippen molar-refractivity contribution in [2.75, 3.05) is 13.2 Å². The van der Waals surface area contributed by atoms with E-state index >= 15 is 0 Å². The van der Waals surface area contributed by atoms with Crippen LogP contribution in [-0.4, -0.2) is 23.7 Å². The van der Waals surface area contributed by atoms with Crippen molar-refractivity contribution < 1.29 is 9.84 Å². The van der Waals surface area contributed by atoms with Gasteiger partial charge in [0.15, 0.2) is 0 Å². The standard InChI is InChI=1S/C10H13ClO2/c11-10(6-12)8-13-7-9-4-2-1-3-5-9/h1-5,10,12H,6-8H2. The number of hydrogen-bond acceptors (Lipinski definition) is 2. The molecule has 0 bridgehead atoms. The lowest BCUT2D eigenvalue weighted by Crippen LogP contribution is -2.13. The minimum Gasteiger partial charge on any atom is -0.395 e. The number of benzene rings is 1. The molecule has 0 aliphatic carbocycles. The highest BCUT2D eigenvalue weighted by molar-refractivity contribution is 6.20. The van der Waals surface area contributed by atoms with Gasteiger partial charge in [0, 0.05) is 0 Å². The topological polar surface area (TPSA) is 29.5 Å². The summed E-state index contributed by atoms with van der Waals surface area (Å²) in [4.78, 5) is 0. The molecule has 0 saturated heterocycles. The first kappa shape index (κ1) is 10.5. The Morgan fingerprint density at radius 3 is 2.62 bits per heavy atom. The minimum atomic E-state index is -0.302. The first-order chi connectivity index (χ1) is 6.33. The average molecular weight is 201 g/mol. The summed E-state index contributed by atoms with van der Waals surface area (Å²) in [6.07, 6.45) is 0. The molecule has 0 saturated carbocycles. The first-order valence-electron chi connectivity index (χ1n) is 4.19. The largest absolute Gasteiger partial charge is 0.395 e. The average Bonchev–Trinajstić information content (AvgIpc) is 2.19. The van der Waals surface area contributed by atoms with Crippen molar-refractivity contribution in [3.8, 4) is 0 Å². The monoisotopic (exact) mass is 200 g/mol. The third kappa shape index (κ3) is 4.27. The Kier molecular flexibility index (Phi) is 4.83. The normalized spacial score (nSPS) is 12.8. The van der Waals surface area contributed by atoms with E-state index in [4.69, 9.17) is 21.4 Å². The highest BCUT2D eigenvalue weighted by Gasteiger charge is 2.01. The highest BCUT2D eigenvalue weighted by atomic mass is 35.5. The molecule has 0 radical (unpaired) electrons. The number of alkyl halides is 1. The van der Waals surface area contributed by atoms with Gasteiger partial charge in [-0.25, -0.2) is 0 Å². The Morgan fingerprint density at radius 2 is 2.00 bits per heavy atom. The van der Waals surface area contributed by atoms with Crippen molar-refractivity contribution in [3.63, 3.8) is 0 Å². The summed E-state index contributed by atoms with van der Waals surface area (Å²) in [5.41, 5.74) is 1.12. The number of rotatable bonds is 5. The lowest BCUT2D eigenvalue weighted by Gasteiger charge is -2.06. The number of halogens is 1. The van der Waals surface area contributed by atoms with Gasteiger partial charge in [-0.3, -0.25) is 0 Å². The van der Waals surface area contributed by atoms with E-state index in [1.54, 1.807) is 0 Å². The zero-order valence-electron chi connectivity index (χ0n) is 7.32. The summed E-state index contributed by atoms with van der Waals surface area (Å²) in [6.45, 7) is 0.882. The van der Waals surface area contributed by atoms with Gasteiger partial charge >= 0.3 is 0 Å². The molecule has 3 heteroatoms. The molecule has 0 aliphatic rings. The van der Waals surface area contributed by atoms with Crippen LogP contribution in [0.15, 0.2) is 30.3 Å². The molecule has 1 atom stereocenters. The fraction of sp³-hybridized carbons (Fsp3) is 0.400. The van der Waals surface area contributed by atoms with E-state index in [1.807, 2.05) is 30.3 Å². The second-order valence-electron chi connectivity index (χ2n) is 2.78. The Bertz CT molecular complexity index is 226. The fourth-order valence-electron chi connectivity index (χ4n) is 0.932. The molecule has 0 spiro atoms. The summed E-state index contributed by atoms with van der Waals surface area (Å²) >= 11 is 5.66. The molecule has 0 aromatic heterocycles. The van der Waals surface area contributed by atoms with Crippen LogP contribution in [0.4, 0.5) is 0 Å². The molecule has 1 aromatic carbocycles. The van der Waals surface area contributed by atoms with Crippen LogP contribution in [0.25, 0.3) is 0 Å². The molecular weight excluding hydrogens is 188 g/mol. The van der Waals surface area contributed by atoms with Gasteiger partial charge in [0.2, 0.25) is 0 Å². The van der Waals surface area contributed by atoms with Crippen molar-refractivity contribution in [2.45, 2.75) is 12.0 Å². The lowest BCUT2D eigenvalue weighted by atomic mass is 10.2. The van der Waals surface area contributed by atoms with E-state index in [-0.39, 0.29) is 12.0 Å². The Balaban J connectivity index is 2.20. The third-order valence-corrected chi connectivity index (χ3v) is 1.87. The molecule has 1 unspecified atom stereocenters. The van der Waals surface area contributed by atoms with E-state index in [1.165, 1.54) is 0 Å². The first-order valence-corrected chi connectivity index (χ1v) is 4.63. The summed E-state index contributed by atoms with van der Waals surface area (Å²) in [6, 6.07) is 9.86. The molecule has 13 heavy (non-hydrogen) atoms. The van der Waals surface area contributed by atoms with Crippen molar-refractivity contribution in [2.24, 2.45) is 0 Å². The molecule has 2 nitrogen and oxygen atoms in total. The van der Waals surface area contributed by atoms with E-state index in [0.717, 1.165) is 5.56 Å². The smallest absolute Gasteiger partial charge is 0.0800 e.